The molecule has 3 aromatic rings. The molecular formula is C21H20N2O5S. The van der Waals surface area contributed by atoms with Gasteiger partial charge >= 0.3 is 0 Å². The van der Waals surface area contributed by atoms with Crippen molar-refractivity contribution in [1.82, 2.24) is 4.72 Å². The van der Waals surface area contributed by atoms with E-state index in [0.717, 1.165) is 5.56 Å². The van der Waals surface area contributed by atoms with Gasteiger partial charge < -0.3 is 14.5 Å². The lowest BCUT2D eigenvalue weighted by Crippen LogP contribution is -2.23. The Morgan fingerprint density at radius 3 is 2.69 bits per heavy atom. The highest BCUT2D eigenvalue weighted by Crippen LogP contribution is 2.19. The van der Waals surface area contributed by atoms with E-state index in [-0.39, 0.29) is 11.4 Å². The van der Waals surface area contributed by atoms with Crippen LogP contribution in [-0.4, -0.2) is 21.4 Å². The lowest BCUT2D eigenvalue weighted by Gasteiger charge is -2.08. The number of carbonyl (C=O) groups excluding carboxylic acids is 1. The molecule has 7 nitrogen and oxygen atoms in total. The van der Waals surface area contributed by atoms with E-state index < -0.39 is 15.9 Å². The van der Waals surface area contributed by atoms with Crippen molar-refractivity contribution in [3.05, 3.63) is 84.3 Å². The Bertz CT molecular complexity index is 1110. The van der Waals surface area contributed by atoms with Crippen LogP contribution in [0.1, 0.15) is 11.3 Å². The van der Waals surface area contributed by atoms with Gasteiger partial charge in [-0.05, 0) is 42.5 Å². The number of para-hydroxylation sites is 1. The minimum atomic E-state index is -3.75. The van der Waals surface area contributed by atoms with Crippen molar-refractivity contribution >= 4 is 27.7 Å². The number of rotatable bonds is 8. The van der Waals surface area contributed by atoms with Crippen LogP contribution in [0.15, 0.2) is 82.3 Å². The summed E-state index contributed by atoms with van der Waals surface area (Å²) < 4.78 is 37.7. The number of ether oxygens (including phenoxy) is 1. The number of methoxy groups -OCH3 is 1. The average molecular weight is 412 g/mol. The Kier molecular flexibility index (Phi) is 6.48. The first kappa shape index (κ1) is 20.4. The normalized spacial score (nSPS) is 11.5. The fourth-order valence-corrected chi connectivity index (χ4v) is 3.60. The number of carbonyl (C=O) groups is 1. The summed E-state index contributed by atoms with van der Waals surface area (Å²) in [7, 11) is -2.20. The van der Waals surface area contributed by atoms with Gasteiger partial charge in [-0.3, -0.25) is 4.79 Å². The molecular weight excluding hydrogens is 392 g/mol. The largest absolute Gasteiger partial charge is 0.496 e. The SMILES string of the molecule is COc1ccccc1/C=C/C(=O)Nc1cccc(S(=O)(=O)NCc2ccco2)c1. The van der Waals surface area contributed by atoms with Crippen molar-refractivity contribution in [3.63, 3.8) is 0 Å². The molecule has 0 radical (unpaired) electrons. The Balaban J connectivity index is 1.67. The van der Waals surface area contributed by atoms with Crippen LogP contribution >= 0.6 is 0 Å². The molecule has 1 aromatic heterocycles. The van der Waals surface area contributed by atoms with Crippen LogP contribution in [0.5, 0.6) is 5.75 Å². The number of amides is 1. The van der Waals surface area contributed by atoms with Gasteiger partial charge in [0.15, 0.2) is 0 Å². The molecule has 0 spiro atoms. The van der Waals surface area contributed by atoms with Gasteiger partial charge in [0.25, 0.3) is 0 Å². The van der Waals surface area contributed by atoms with Crippen LogP contribution in [-0.2, 0) is 21.4 Å². The van der Waals surface area contributed by atoms with Crippen molar-refractivity contribution in [2.45, 2.75) is 11.4 Å². The van der Waals surface area contributed by atoms with Crippen molar-refractivity contribution in [2.24, 2.45) is 0 Å². The second-order valence-electron chi connectivity index (χ2n) is 6.00. The fourth-order valence-electron chi connectivity index (χ4n) is 2.56. The van der Waals surface area contributed by atoms with Crippen molar-refractivity contribution in [3.8, 4) is 5.75 Å². The molecule has 0 bridgehead atoms. The van der Waals surface area contributed by atoms with E-state index in [1.54, 1.807) is 43.5 Å². The predicted octanol–water partition coefficient (Wildman–Crippen LogP) is 3.42. The minimum Gasteiger partial charge on any atom is -0.496 e. The van der Waals surface area contributed by atoms with Crippen LogP contribution in [0.3, 0.4) is 0 Å². The topological polar surface area (TPSA) is 97.6 Å². The first-order valence-corrected chi connectivity index (χ1v) is 10.2. The van der Waals surface area contributed by atoms with Crippen molar-refractivity contribution < 1.29 is 22.4 Å². The summed E-state index contributed by atoms with van der Waals surface area (Å²) in [5.74, 6) is 0.751. The van der Waals surface area contributed by atoms with Crippen molar-refractivity contribution in [2.75, 3.05) is 12.4 Å². The monoisotopic (exact) mass is 412 g/mol. The number of benzene rings is 2. The summed E-state index contributed by atoms with van der Waals surface area (Å²) in [4.78, 5) is 12.2. The highest BCUT2D eigenvalue weighted by molar-refractivity contribution is 7.89. The molecule has 1 heterocycles. The number of anilines is 1. The zero-order valence-electron chi connectivity index (χ0n) is 15.7. The van der Waals surface area contributed by atoms with E-state index in [0.29, 0.717) is 17.2 Å². The van der Waals surface area contributed by atoms with Gasteiger partial charge in [-0.2, -0.15) is 0 Å². The fraction of sp³-hybridized carbons (Fsp3) is 0.0952. The second-order valence-corrected chi connectivity index (χ2v) is 7.76. The number of furan rings is 1. The van der Waals surface area contributed by atoms with E-state index in [1.807, 2.05) is 18.2 Å². The van der Waals surface area contributed by atoms with Crippen LogP contribution in [0, 0.1) is 0 Å². The lowest BCUT2D eigenvalue weighted by atomic mass is 10.2. The molecule has 0 fully saturated rings. The smallest absolute Gasteiger partial charge is 0.248 e. The molecule has 150 valence electrons. The third kappa shape index (κ3) is 5.56. The molecule has 0 unspecified atom stereocenters. The summed E-state index contributed by atoms with van der Waals surface area (Å²) in [6, 6.07) is 16.6. The van der Waals surface area contributed by atoms with E-state index >= 15 is 0 Å². The maximum absolute atomic E-state index is 12.5. The van der Waals surface area contributed by atoms with Crippen LogP contribution < -0.4 is 14.8 Å². The Morgan fingerprint density at radius 2 is 1.93 bits per heavy atom. The molecule has 0 aliphatic heterocycles. The summed E-state index contributed by atoms with van der Waals surface area (Å²) in [5.41, 5.74) is 1.11. The summed E-state index contributed by atoms with van der Waals surface area (Å²) in [6.07, 6.45) is 4.45. The average Bonchev–Trinajstić information content (AvgIpc) is 3.25. The van der Waals surface area contributed by atoms with Crippen LogP contribution in [0.4, 0.5) is 5.69 Å². The first-order valence-electron chi connectivity index (χ1n) is 8.72. The summed E-state index contributed by atoms with van der Waals surface area (Å²) >= 11 is 0. The zero-order chi connectivity index (χ0) is 20.7. The molecule has 0 saturated carbocycles. The molecule has 0 atom stereocenters. The molecule has 0 aliphatic rings. The second kappa shape index (κ2) is 9.22. The quantitative estimate of drug-likeness (QED) is 0.553. The van der Waals surface area contributed by atoms with Crippen LogP contribution in [0.25, 0.3) is 6.08 Å². The van der Waals surface area contributed by atoms with E-state index in [2.05, 4.69) is 10.0 Å². The third-order valence-electron chi connectivity index (χ3n) is 3.98. The van der Waals surface area contributed by atoms with E-state index in [1.165, 1.54) is 24.5 Å². The maximum atomic E-state index is 12.5. The standard InChI is InChI=1S/C21H20N2O5S/c1-27-20-10-3-2-6-16(20)11-12-21(24)23-17-7-4-9-19(14-17)29(25,26)22-15-18-8-5-13-28-18/h2-14,22H,15H2,1H3,(H,23,24)/b12-11+. The molecule has 0 aliphatic carbocycles. The number of hydrogen-bond donors (Lipinski definition) is 2. The maximum Gasteiger partial charge on any atom is 0.248 e. The van der Waals surface area contributed by atoms with Gasteiger partial charge in [0.05, 0.1) is 24.8 Å². The minimum absolute atomic E-state index is 0.0353. The Hall–Kier alpha value is -3.36. The molecule has 2 aromatic carbocycles. The molecule has 3 rings (SSSR count). The zero-order valence-corrected chi connectivity index (χ0v) is 16.5. The third-order valence-corrected chi connectivity index (χ3v) is 5.38. The predicted molar refractivity (Wildman–Crippen MR) is 110 cm³/mol. The van der Waals surface area contributed by atoms with Gasteiger partial charge in [0.1, 0.15) is 11.5 Å². The Morgan fingerprint density at radius 1 is 1.10 bits per heavy atom. The van der Waals surface area contributed by atoms with Crippen molar-refractivity contribution in [1.29, 1.82) is 0 Å². The Labute approximate surface area is 169 Å². The van der Waals surface area contributed by atoms with Gasteiger partial charge in [0.2, 0.25) is 15.9 Å². The van der Waals surface area contributed by atoms with Gasteiger partial charge in [0, 0.05) is 17.3 Å². The lowest BCUT2D eigenvalue weighted by molar-refractivity contribution is -0.111. The van der Waals surface area contributed by atoms with Crippen LogP contribution in [0.2, 0.25) is 0 Å². The molecule has 1 amide bonds. The van der Waals surface area contributed by atoms with Gasteiger partial charge in [-0.25, -0.2) is 13.1 Å². The number of nitrogens with one attached hydrogen (secondary N) is 2. The highest BCUT2D eigenvalue weighted by atomic mass is 32.2. The van der Waals surface area contributed by atoms with Gasteiger partial charge in [-0.15, -0.1) is 0 Å². The summed E-state index contributed by atoms with van der Waals surface area (Å²) in [6.45, 7) is 0.0353. The highest BCUT2D eigenvalue weighted by Gasteiger charge is 2.15. The molecule has 2 N–H and O–H groups in total. The van der Waals surface area contributed by atoms with E-state index in [9.17, 15) is 13.2 Å². The first-order chi connectivity index (χ1) is 14.0. The van der Waals surface area contributed by atoms with Gasteiger partial charge in [-0.1, -0.05) is 24.3 Å². The number of hydrogen-bond acceptors (Lipinski definition) is 5. The summed E-state index contributed by atoms with van der Waals surface area (Å²) in [5, 5.41) is 2.65. The molecule has 8 heteroatoms. The number of sulfonamides is 1. The van der Waals surface area contributed by atoms with E-state index in [4.69, 9.17) is 9.15 Å². The molecule has 29 heavy (non-hydrogen) atoms. The molecule has 0 saturated heterocycles.